The Balaban J connectivity index is 4.03. The molecule has 0 aliphatic heterocycles. The monoisotopic (exact) mass is 169 g/mol. The minimum absolute atomic E-state index is 0.0817. The second-order valence-corrected chi connectivity index (χ2v) is 1.76. The number of likely N-dealkylation sites (N-methyl/N-ethyl adjacent to an activating group) is 1. The minimum atomic E-state index is -4.36. The maximum atomic E-state index is 11.8. The highest BCUT2D eigenvalue weighted by atomic mass is 19.3. The molecule has 66 valence electrons. The van der Waals surface area contributed by atoms with Crippen molar-refractivity contribution in [2.24, 2.45) is 0 Å². The fourth-order valence-corrected chi connectivity index (χ4v) is 0.442. The third kappa shape index (κ3) is 3.24. The highest BCUT2D eigenvalue weighted by molar-refractivity contribution is 5.80. The number of carbonyl (C=O) groups excluding carboxylic acids is 1. The lowest BCUT2D eigenvalue weighted by molar-refractivity contribution is -0.244. The lowest BCUT2D eigenvalue weighted by Crippen LogP contribution is -2.41. The molecule has 0 heterocycles. The Labute approximate surface area is 62.3 Å². The predicted octanol–water partition coefficient (Wildman–Crippen LogP) is -0.0186. The fourth-order valence-electron chi connectivity index (χ4n) is 0.442. The Morgan fingerprint density at radius 1 is 1.73 bits per heavy atom. The zero-order valence-corrected chi connectivity index (χ0v) is 6.17. The van der Waals surface area contributed by atoms with Crippen LogP contribution in [0, 0.1) is 0 Å². The molecule has 0 saturated carbocycles. The summed E-state index contributed by atoms with van der Waals surface area (Å²) in [7, 11) is 0.996. The van der Waals surface area contributed by atoms with Crippen molar-refractivity contribution in [3.8, 4) is 0 Å². The molecule has 0 aliphatic carbocycles. The standard InChI is InChI=1S/C5H9F2NO3/c1-3-11-8(2)4(9)5(6,7)10/h10H,3H2,1-2H3. The number of alkyl halides is 2. The first-order chi connectivity index (χ1) is 4.89. The summed E-state index contributed by atoms with van der Waals surface area (Å²) >= 11 is 0. The van der Waals surface area contributed by atoms with Crippen LogP contribution < -0.4 is 0 Å². The summed E-state index contributed by atoms with van der Waals surface area (Å²) in [5.74, 6) is -1.78. The molecule has 0 radical (unpaired) electrons. The van der Waals surface area contributed by atoms with Crippen LogP contribution >= 0.6 is 0 Å². The minimum Gasteiger partial charge on any atom is -0.328 e. The first kappa shape index (κ1) is 10.2. The van der Waals surface area contributed by atoms with Crippen LogP contribution in [0.25, 0.3) is 0 Å². The largest absolute Gasteiger partial charge is 0.436 e. The van der Waals surface area contributed by atoms with Gasteiger partial charge in [0, 0.05) is 7.05 Å². The topological polar surface area (TPSA) is 49.8 Å². The molecule has 0 fully saturated rings. The molecular formula is C5H9F2NO3. The maximum Gasteiger partial charge on any atom is 0.436 e. The van der Waals surface area contributed by atoms with Gasteiger partial charge < -0.3 is 5.11 Å². The summed E-state index contributed by atoms with van der Waals surface area (Å²) in [6.45, 7) is 1.61. The van der Waals surface area contributed by atoms with Crippen LogP contribution in [0.1, 0.15) is 6.92 Å². The van der Waals surface area contributed by atoms with Gasteiger partial charge in [-0.05, 0) is 6.92 Å². The Morgan fingerprint density at radius 2 is 2.18 bits per heavy atom. The highest BCUT2D eigenvalue weighted by Crippen LogP contribution is 2.11. The Bertz CT molecular complexity index is 145. The zero-order valence-electron chi connectivity index (χ0n) is 6.17. The smallest absolute Gasteiger partial charge is 0.328 e. The number of nitrogens with zero attached hydrogens (tertiary/aromatic N) is 1. The van der Waals surface area contributed by atoms with Crippen LogP contribution in [-0.4, -0.2) is 35.8 Å². The van der Waals surface area contributed by atoms with Gasteiger partial charge in [0.15, 0.2) is 0 Å². The van der Waals surface area contributed by atoms with Crippen molar-refractivity contribution in [2.75, 3.05) is 13.7 Å². The van der Waals surface area contributed by atoms with Gasteiger partial charge in [-0.25, -0.2) is 5.06 Å². The molecule has 0 atom stereocenters. The van der Waals surface area contributed by atoms with Crippen molar-refractivity contribution in [3.05, 3.63) is 0 Å². The zero-order chi connectivity index (χ0) is 9.07. The average Bonchev–Trinajstić information content (AvgIpc) is 1.85. The highest BCUT2D eigenvalue weighted by Gasteiger charge is 2.39. The van der Waals surface area contributed by atoms with Gasteiger partial charge in [-0.15, -0.1) is 0 Å². The first-order valence-electron chi connectivity index (χ1n) is 2.90. The number of hydrogen-bond donors (Lipinski definition) is 1. The van der Waals surface area contributed by atoms with Gasteiger partial charge in [0.05, 0.1) is 6.61 Å². The van der Waals surface area contributed by atoms with Gasteiger partial charge in [-0.1, -0.05) is 0 Å². The van der Waals surface area contributed by atoms with E-state index in [0.717, 1.165) is 7.05 Å². The van der Waals surface area contributed by atoms with Gasteiger partial charge in [-0.3, -0.25) is 9.63 Å². The lowest BCUT2D eigenvalue weighted by Gasteiger charge is -2.17. The van der Waals surface area contributed by atoms with Gasteiger partial charge in [-0.2, -0.15) is 8.78 Å². The summed E-state index contributed by atoms with van der Waals surface area (Å²) in [6, 6.07) is 0. The van der Waals surface area contributed by atoms with Crippen molar-refractivity contribution in [2.45, 2.75) is 13.0 Å². The number of hydroxylamine groups is 2. The normalized spacial score (nSPS) is 11.4. The Morgan fingerprint density at radius 3 is 2.45 bits per heavy atom. The third-order valence-electron chi connectivity index (χ3n) is 0.866. The molecule has 4 nitrogen and oxygen atoms in total. The molecule has 1 amide bonds. The third-order valence-corrected chi connectivity index (χ3v) is 0.866. The molecule has 6 heteroatoms. The van der Waals surface area contributed by atoms with Crippen molar-refractivity contribution in [1.29, 1.82) is 0 Å². The van der Waals surface area contributed by atoms with Crippen LogP contribution in [-0.2, 0) is 9.63 Å². The van der Waals surface area contributed by atoms with Gasteiger partial charge in [0.1, 0.15) is 0 Å². The van der Waals surface area contributed by atoms with E-state index in [4.69, 9.17) is 5.11 Å². The molecule has 1 N–H and O–H groups in total. The number of rotatable bonds is 3. The summed E-state index contributed by atoms with van der Waals surface area (Å²) in [6.07, 6.45) is -4.36. The van der Waals surface area contributed by atoms with Gasteiger partial charge in [0.25, 0.3) is 0 Å². The second kappa shape index (κ2) is 3.59. The molecule has 0 aromatic heterocycles. The molecule has 0 spiro atoms. The van der Waals surface area contributed by atoms with Crippen LogP contribution in [0.15, 0.2) is 0 Å². The van der Waals surface area contributed by atoms with Crippen LogP contribution in [0.5, 0.6) is 0 Å². The summed E-state index contributed by atoms with van der Waals surface area (Å²) < 4.78 is 23.5. The van der Waals surface area contributed by atoms with Crippen molar-refractivity contribution in [1.82, 2.24) is 5.06 Å². The van der Waals surface area contributed by atoms with E-state index in [9.17, 15) is 13.6 Å². The maximum absolute atomic E-state index is 11.8. The summed E-state index contributed by atoms with van der Waals surface area (Å²) in [4.78, 5) is 14.7. The Kier molecular flexibility index (Phi) is 3.34. The first-order valence-corrected chi connectivity index (χ1v) is 2.90. The molecule has 0 bridgehead atoms. The molecule has 0 aromatic rings. The molecule has 0 unspecified atom stereocenters. The summed E-state index contributed by atoms with van der Waals surface area (Å²) in [5, 5.41) is 8.17. The van der Waals surface area contributed by atoms with Crippen molar-refractivity contribution >= 4 is 5.91 Å². The Hall–Kier alpha value is -0.750. The second-order valence-electron chi connectivity index (χ2n) is 1.76. The molecule has 0 aromatic carbocycles. The summed E-state index contributed by atoms with van der Waals surface area (Å²) in [5.41, 5.74) is 0. The average molecular weight is 169 g/mol. The van der Waals surface area contributed by atoms with E-state index in [1.54, 1.807) is 0 Å². The van der Waals surface area contributed by atoms with Crippen LogP contribution in [0.3, 0.4) is 0 Å². The molecule has 0 rings (SSSR count). The van der Waals surface area contributed by atoms with Gasteiger partial charge >= 0.3 is 12.0 Å². The van der Waals surface area contributed by atoms with E-state index in [2.05, 4.69) is 4.84 Å². The van der Waals surface area contributed by atoms with E-state index < -0.39 is 12.0 Å². The van der Waals surface area contributed by atoms with Crippen molar-refractivity contribution in [3.63, 3.8) is 0 Å². The van der Waals surface area contributed by atoms with E-state index in [1.165, 1.54) is 6.92 Å². The fraction of sp³-hybridized carbons (Fsp3) is 0.800. The lowest BCUT2D eigenvalue weighted by atomic mass is 10.6. The number of halogens is 2. The molecular weight excluding hydrogens is 160 g/mol. The van der Waals surface area contributed by atoms with E-state index in [-0.39, 0.29) is 6.61 Å². The SMILES string of the molecule is CCON(C)C(=O)C(O)(F)F. The number of carbonyl (C=O) groups is 1. The van der Waals surface area contributed by atoms with E-state index in [1.807, 2.05) is 0 Å². The number of hydrogen-bond acceptors (Lipinski definition) is 3. The number of amides is 1. The molecule has 0 saturated heterocycles. The van der Waals surface area contributed by atoms with E-state index in [0.29, 0.717) is 5.06 Å². The van der Waals surface area contributed by atoms with Crippen LogP contribution in [0.4, 0.5) is 8.78 Å². The quantitative estimate of drug-likeness (QED) is 0.604. The van der Waals surface area contributed by atoms with E-state index >= 15 is 0 Å². The molecule has 0 aliphatic rings. The van der Waals surface area contributed by atoms with Crippen molar-refractivity contribution < 1.29 is 23.5 Å². The number of aliphatic hydroxyl groups is 1. The predicted molar refractivity (Wildman–Crippen MR) is 31.6 cm³/mol. The molecule has 11 heavy (non-hydrogen) atoms. The van der Waals surface area contributed by atoms with Gasteiger partial charge in [0.2, 0.25) is 0 Å². The van der Waals surface area contributed by atoms with Crippen LogP contribution in [0.2, 0.25) is 0 Å².